The van der Waals surface area contributed by atoms with Gasteiger partial charge in [-0.1, -0.05) is 50.3 Å². The molecule has 2 rings (SSSR count). The van der Waals surface area contributed by atoms with E-state index >= 15 is 0 Å². The van der Waals surface area contributed by atoms with Crippen molar-refractivity contribution < 1.29 is 24.2 Å². The molecule has 0 bridgehead atoms. The van der Waals surface area contributed by atoms with Crippen LogP contribution in [0, 0.1) is 5.92 Å². The molecule has 1 aliphatic heterocycles. The number of methoxy groups -OCH3 is 1. The first-order valence-electron chi connectivity index (χ1n) is 8.64. The predicted octanol–water partition coefficient (Wildman–Crippen LogP) is 3.79. The van der Waals surface area contributed by atoms with E-state index in [1.807, 2.05) is 19.9 Å². The van der Waals surface area contributed by atoms with Crippen LogP contribution < -0.4 is 9.47 Å². The summed E-state index contributed by atoms with van der Waals surface area (Å²) in [4.78, 5) is 26.2. The normalized spacial score (nSPS) is 17.9. The molecule has 1 N–H and O–H groups in total. The standard InChI is InChI=1S/C19H23NO5S2/c1-5-11(3)16(18(22)23)20-17(21)15(27-19(20)26)10-12-7-8-13(25-6-2)14(9-12)24-4/h7-11,16H,5-6H2,1-4H3,(H,22,23)/b15-10-/t11-,16-/m0/s1. The summed E-state index contributed by atoms with van der Waals surface area (Å²) in [5.41, 5.74) is 0.742. The second-order valence-corrected chi connectivity index (χ2v) is 7.74. The highest BCUT2D eigenvalue weighted by molar-refractivity contribution is 8.26. The summed E-state index contributed by atoms with van der Waals surface area (Å²) in [7, 11) is 1.55. The van der Waals surface area contributed by atoms with Crippen molar-refractivity contribution in [2.75, 3.05) is 13.7 Å². The molecule has 146 valence electrons. The molecule has 1 amide bonds. The molecule has 0 spiro atoms. The van der Waals surface area contributed by atoms with Crippen molar-refractivity contribution in [3.8, 4) is 11.5 Å². The summed E-state index contributed by atoms with van der Waals surface area (Å²) in [5.74, 6) is -0.471. The number of rotatable bonds is 8. The van der Waals surface area contributed by atoms with Gasteiger partial charge in [0.2, 0.25) is 0 Å². The van der Waals surface area contributed by atoms with Crippen LogP contribution in [0.15, 0.2) is 23.1 Å². The Morgan fingerprint density at radius 2 is 2.07 bits per heavy atom. The molecule has 0 aromatic heterocycles. The van der Waals surface area contributed by atoms with Crippen molar-refractivity contribution >= 4 is 46.3 Å². The number of thioether (sulfide) groups is 1. The SMILES string of the molecule is CCOc1ccc(/C=C2\SC(=S)N([C@H](C(=O)O)[C@@H](C)CC)C2=O)cc1OC. The van der Waals surface area contributed by atoms with Gasteiger partial charge in [0.1, 0.15) is 10.4 Å². The van der Waals surface area contributed by atoms with Crippen LogP contribution in [-0.4, -0.2) is 46.0 Å². The van der Waals surface area contributed by atoms with Gasteiger partial charge in [0.15, 0.2) is 11.5 Å². The lowest BCUT2D eigenvalue weighted by Gasteiger charge is -2.27. The maximum absolute atomic E-state index is 12.8. The number of hydrogen-bond donors (Lipinski definition) is 1. The van der Waals surface area contributed by atoms with Crippen LogP contribution in [0.3, 0.4) is 0 Å². The molecule has 1 heterocycles. The summed E-state index contributed by atoms with van der Waals surface area (Å²) in [5, 5.41) is 9.58. The highest BCUT2D eigenvalue weighted by Gasteiger charge is 2.42. The van der Waals surface area contributed by atoms with Crippen molar-refractivity contribution in [2.24, 2.45) is 5.92 Å². The molecule has 1 aromatic carbocycles. The van der Waals surface area contributed by atoms with Gasteiger partial charge in [0.05, 0.1) is 18.6 Å². The monoisotopic (exact) mass is 409 g/mol. The number of carboxylic acids is 1. The minimum absolute atomic E-state index is 0.213. The molecule has 0 aliphatic carbocycles. The molecule has 6 nitrogen and oxygen atoms in total. The second kappa shape index (κ2) is 9.23. The lowest BCUT2D eigenvalue weighted by Crippen LogP contribution is -2.47. The second-order valence-electron chi connectivity index (χ2n) is 6.06. The van der Waals surface area contributed by atoms with Crippen LogP contribution in [0.25, 0.3) is 6.08 Å². The molecule has 1 saturated heterocycles. The van der Waals surface area contributed by atoms with Gasteiger partial charge in [-0.15, -0.1) is 0 Å². The molecule has 1 fully saturated rings. The number of hydrogen-bond acceptors (Lipinski definition) is 6. The van der Waals surface area contributed by atoms with Gasteiger partial charge in [0, 0.05) is 0 Å². The van der Waals surface area contributed by atoms with Gasteiger partial charge >= 0.3 is 5.97 Å². The zero-order chi connectivity index (χ0) is 20.1. The zero-order valence-electron chi connectivity index (χ0n) is 15.7. The van der Waals surface area contributed by atoms with Gasteiger partial charge in [-0.05, 0) is 36.6 Å². The lowest BCUT2D eigenvalue weighted by molar-refractivity contribution is -0.147. The number of benzene rings is 1. The van der Waals surface area contributed by atoms with Gasteiger partial charge in [-0.25, -0.2) is 4.79 Å². The van der Waals surface area contributed by atoms with Crippen molar-refractivity contribution in [3.05, 3.63) is 28.7 Å². The highest BCUT2D eigenvalue weighted by Crippen LogP contribution is 2.37. The quantitative estimate of drug-likeness (QED) is 0.517. The number of nitrogens with zero attached hydrogens (tertiary/aromatic N) is 1. The first kappa shape index (κ1) is 21.2. The van der Waals surface area contributed by atoms with E-state index in [0.717, 1.165) is 17.3 Å². The minimum Gasteiger partial charge on any atom is -0.493 e. The van der Waals surface area contributed by atoms with E-state index in [4.69, 9.17) is 21.7 Å². The topological polar surface area (TPSA) is 76.1 Å². The number of amides is 1. The van der Waals surface area contributed by atoms with Crippen LogP contribution >= 0.6 is 24.0 Å². The Morgan fingerprint density at radius 1 is 1.37 bits per heavy atom. The number of ether oxygens (including phenoxy) is 2. The number of thiocarbonyl (C=S) groups is 1. The van der Waals surface area contributed by atoms with Gasteiger partial charge in [-0.3, -0.25) is 9.69 Å². The average molecular weight is 410 g/mol. The van der Waals surface area contributed by atoms with E-state index in [2.05, 4.69) is 0 Å². The maximum Gasteiger partial charge on any atom is 0.327 e. The first-order chi connectivity index (χ1) is 12.8. The fraction of sp³-hybridized carbons (Fsp3) is 0.421. The maximum atomic E-state index is 12.8. The minimum atomic E-state index is -1.05. The van der Waals surface area contributed by atoms with Crippen molar-refractivity contribution in [1.82, 2.24) is 4.90 Å². The lowest BCUT2D eigenvalue weighted by atomic mass is 9.98. The molecule has 0 saturated carbocycles. The van der Waals surface area contributed by atoms with E-state index in [1.165, 1.54) is 4.90 Å². The van der Waals surface area contributed by atoms with Crippen LogP contribution in [0.4, 0.5) is 0 Å². The molecule has 27 heavy (non-hydrogen) atoms. The Balaban J connectivity index is 2.34. The largest absolute Gasteiger partial charge is 0.493 e. The third kappa shape index (κ3) is 4.62. The van der Waals surface area contributed by atoms with Crippen molar-refractivity contribution in [2.45, 2.75) is 33.2 Å². The Morgan fingerprint density at radius 3 is 2.63 bits per heavy atom. The molecule has 2 atom stereocenters. The number of carbonyl (C=O) groups excluding carboxylic acids is 1. The Bertz CT molecular complexity index is 777. The third-order valence-electron chi connectivity index (χ3n) is 4.32. The zero-order valence-corrected chi connectivity index (χ0v) is 17.4. The highest BCUT2D eigenvalue weighted by atomic mass is 32.2. The van der Waals surface area contributed by atoms with E-state index in [1.54, 1.807) is 32.2 Å². The van der Waals surface area contributed by atoms with Crippen molar-refractivity contribution in [3.63, 3.8) is 0 Å². The summed E-state index contributed by atoms with van der Waals surface area (Å²) < 4.78 is 11.1. The first-order valence-corrected chi connectivity index (χ1v) is 9.87. The van der Waals surface area contributed by atoms with Crippen LogP contribution in [0.1, 0.15) is 32.8 Å². The van der Waals surface area contributed by atoms with Gasteiger partial charge in [0.25, 0.3) is 5.91 Å². The summed E-state index contributed by atoms with van der Waals surface area (Å²) in [6.07, 6.45) is 2.32. The Kier molecular flexibility index (Phi) is 7.26. The van der Waals surface area contributed by atoms with Gasteiger partial charge in [-0.2, -0.15) is 0 Å². The fourth-order valence-electron chi connectivity index (χ4n) is 2.75. The molecule has 1 aliphatic rings. The molecular weight excluding hydrogens is 386 g/mol. The molecule has 1 aromatic rings. The third-order valence-corrected chi connectivity index (χ3v) is 5.65. The average Bonchev–Trinajstić information content (AvgIpc) is 2.90. The van der Waals surface area contributed by atoms with E-state index in [9.17, 15) is 14.7 Å². The molecule has 0 radical (unpaired) electrons. The van der Waals surface area contributed by atoms with Gasteiger partial charge < -0.3 is 14.6 Å². The van der Waals surface area contributed by atoms with E-state index in [0.29, 0.717) is 29.4 Å². The number of aliphatic carboxylic acids is 1. The van der Waals surface area contributed by atoms with Crippen LogP contribution in [0.2, 0.25) is 0 Å². The van der Waals surface area contributed by atoms with E-state index < -0.39 is 12.0 Å². The predicted molar refractivity (Wildman–Crippen MR) is 110 cm³/mol. The fourth-order valence-corrected chi connectivity index (χ4v) is 4.08. The molecule has 0 unspecified atom stereocenters. The van der Waals surface area contributed by atoms with Crippen molar-refractivity contribution in [1.29, 1.82) is 0 Å². The van der Waals surface area contributed by atoms with Crippen LogP contribution in [-0.2, 0) is 9.59 Å². The van der Waals surface area contributed by atoms with E-state index in [-0.39, 0.29) is 16.1 Å². The Hall–Kier alpha value is -2.06. The summed E-state index contributed by atoms with van der Waals surface area (Å²) in [6, 6.07) is 4.38. The smallest absolute Gasteiger partial charge is 0.327 e. The van der Waals surface area contributed by atoms with Crippen LogP contribution in [0.5, 0.6) is 11.5 Å². The molecule has 8 heteroatoms. The summed E-state index contributed by atoms with van der Waals surface area (Å²) in [6.45, 7) is 6.09. The molecular formula is C19H23NO5S2. The number of carboxylic acid groups (broad SMARTS) is 1. The number of carbonyl (C=O) groups is 2. The Labute approximate surface area is 168 Å². The summed E-state index contributed by atoms with van der Waals surface area (Å²) >= 11 is 6.41.